The number of nitrogens with one attached hydrogen (secondary N) is 1. The average Bonchev–Trinajstić information content (AvgIpc) is 2.50. The number of benzene rings is 2. The van der Waals surface area contributed by atoms with Gasteiger partial charge < -0.3 is 0 Å². The van der Waals surface area contributed by atoms with Crippen LogP contribution in [-0.2, 0) is 11.2 Å². The van der Waals surface area contributed by atoms with E-state index in [1.54, 1.807) is 6.21 Å². The molecular formula is C18H17BrN2O. The van der Waals surface area contributed by atoms with Crippen LogP contribution in [0.15, 0.2) is 69.7 Å². The van der Waals surface area contributed by atoms with E-state index in [0.717, 1.165) is 21.2 Å². The Kier molecular flexibility index (Phi) is 6.10. The smallest absolute Gasteiger partial charge is 0.244 e. The van der Waals surface area contributed by atoms with Gasteiger partial charge in [-0.05, 0) is 35.8 Å². The van der Waals surface area contributed by atoms with Crippen LogP contribution in [0.25, 0.3) is 6.08 Å². The van der Waals surface area contributed by atoms with E-state index in [9.17, 15) is 4.79 Å². The number of rotatable bonds is 5. The number of amides is 1. The van der Waals surface area contributed by atoms with Crippen LogP contribution in [0.4, 0.5) is 0 Å². The van der Waals surface area contributed by atoms with Gasteiger partial charge in [0.15, 0.2) is 0 Å². The monoisotopic (exact) mass is 356 g/mol. The van der Waals surface area contributed by atoms with Crippen molar-refractivity contribution in [3.05, 3.63) is 75.8 Å². The van der Waals surface area contributed by atoms with Crippen LogP contribution in [0.2, 0.25) is 0 Å². The topological polar surface area (TPSA) is 41.5 Å². The third-order valence-electron chi connectivity index (χ3n) is 2.93. The van der Waals surface area contributed by atoms with Crippen LogP contribution in [-0.4, -0.2) is 12.1 Å². The van der Waals surface area contributed by atoms with Gasteiger partial charge in [0.1, 0.15) is 0 Å². The molecule has 0 heterocycles. The summed E-state index contributed by atoms with van der Waals surface area (Å²) in [7, 11) is 0. The Morgan fingerprint density at radius 2 is 1.82 bits per heavy atom. The number of hydrazone groups is 1. The molecule has 22 heavy (non-hydrogen) atoms. The van der Waals surface area contributed by atoms with Gasteiger partial charge in [-0.25, -0.2) is 5.43 Å². The van der Waals surface area contributed by atoms with Gasteiger partial charge >= 0.3 is 0 Å². The molecule has 2 rings (SSSR count). The summed E-state index contributed by atoms with van der Waals surface area (Å²) in [4.78, 5) is 11.8. The van der Waals surface area contributed by atoms with Crippen LogP contribution in [0, 0.1) is 0 Å². The molecule has 0 saturated heterocycles. The molecule has 112 valence electrons. The number of nitrogens with zero attached hydrogens (tertiary/aromatic N) is 1. The third-order valence-corrected chi connectivity index (χ3v) is 3.46. The molecule has 0 aliphatic carbocycles. The van der Waals surface area contributed by atoms with Crippen molar-refractivity contribution in [1.82, 2.24) is 5.43 Å². The van der Waals surface area contributed by atoms with Crippen LogP contribution in [0.1, 0.15) is 18.1 Å². The van der Waals surface area contributed by atoms with Crippen LogP contribution in [0.3, 0.4) is 0 Å². The van der Waals surface area contributed by atoms with Gasteiger partial charge in [-0.15, -0.1) is 0 Å². The number of carbonyl (C=O) groups excluding carboxylic acids is 1. The number of carbonyl (C=O) groups is 1. The lowest BCUT2D eigenvalue weighted by Gasteiger charge is -2.01. The Hall–Kier alpha value is -2.20. The standard InChI is InChI=1S/C18H17BrN2O/c1-14(11-15-5-3-2-4-6-15)13-20-21-18(22)12-16-7-9-17(19)10-8-16/h2-11,13H,12H2,1H3,(H,21,22)/b14-11+,20-13-. The summed E-state index contributed by atoms with van der Waals surface area (Å²) in [5.74, 6) is -0.133. The Morgan fingerprint density at radius 1 is 1.14 bits per heavy atom. The second-order valence-electron chi connectivity index (χ2n) is 4.90. The van der Waals surface area contributed by atoms with E-state index < -0.39 is 0 Å². The molecule has 2 aromatic carbocycles. The van der Waals surface area contributed by atoms with Gasteiger partial charge in [-0.1, -0.05) is 64.5 Å². The molecule has 0 aromatic heterocycles. The lowest BCUT2D eigenvalue weighted by atomic mass is 10.1. The predicted molar refractivity (Wildman–Crippen MR) is 94.6 cm³/mol. The summed E-state index contributed by atoms with van der Waals surface area (Å²) in [6, 6.07) is 17.6. The van der Waals surface area contributed by atoms with E-state index >= 15 is 0 Å². The summed E-state index contributed by atoms with van der Waals surface area (Å²) in [6.45, 7) is 1.94. The molecule has 0 bridgehead atoms. The first kappa shape index (κ1) is 16.2. The van der Waals surface area contributed by atoms with Gasteiger partial charge in [-0.3, -0.25) is 4.79 Å². The third kappa shape index (κ3) is 5.66. The second kappa shape index (κ2) is 8.29. The lowest BCUT2D eigenvalue weighted by molar-refractivity contribution is -0.120. The molecule has 1 amide bonds. The zero-order valence-electron chi connectivity index (χ0n) is 12.3. The van der Waals surface area contributed by atoms with Crippen molar-refractivity contribution in [1.29, 1.82) is 0 Å². The fourth-order valence-corrected chi connectivity index (χ4v) is 2.15. The number of hydrogen-bond donors (Lipinski definition) is 1. The quantitative estimate of drug-likeness (QED) is 0.633. The first-order valence-corrected chi connectivity index (χ1v) is 7.72. The van der Waals surface area contributed by atoms with E-state index in [1.165, 1.54) is 0 Å². The van der Waals surface area contributed by atoms with E-state index in [-0.39, 0.29) is 5.91 Å². The first-order valence-electron chi connectivity index (χ1n) is 6.93. The molecule has 0 saturated carbocycles. The molecule has 0 aliphatic rings. The SMILES string of the molecule is CC(/C=N\NC(=O)Cc1ccc(Br)cc1)=C\c1ccccc1. The molecule has 3 nitrogen and oxygen atoms in total. The highest BCUT2D eigenvalue weighted by Crippen LogP contribution is 2.10. The maximum atomic E-state index is 11.8. The zero-order valence-corrected chi connectivity index (χ0v) is 13.9. The minimum atomic E-state index is -0.133. The number of halogens is 1. The van der Waals surface area contributed by atoms with Crippen molar-refractivity contribution in [2.24, 2.45) is 5.10 Å². The normalized spacial score (nSPS) is 11.6. The van der Waals surface area contributed by atoms with E-state index in [0.29, 0.717) is 6.42 Å². The van der Waals surface area contributed by atoms with Crippen molar-refractivity contribution in [3.8, 4) is 0 Å². The minimum Gasteiger partial charge on any atom is -0.273 e. The highest BCUT2D eigenvalue weighted by molar-refractivity contribution is 9.10. The molecule has 0 aliphatic heterocycles. The summed E-state index contributed by atoms with van der Waals surface area (Å²) in [5, 5.41) is 3.98. The van der Waals surface area contributed by atoms with Gasteiger partial charge in [0, 0.05) is 4.47 Å². The fraction of sp³-hybridized carbons (Fsp3) is 0.111. The zero-order chi connectivity index (χ0) is 15.8. The van der Waals surface area contributed by atoms with Gasteiger partial charge in [0.25, 0.3) is 0 Å². The Balaban J connectivity index is 1.85. The Morgan fingerprint density at radius 3 is 2.50 bits per heavy atom. The highest BCUT2D eigenvalue weighted by atomic mass is 79.9. The summed E-state index contributed by atoms with van der Waals surface area (Å²) in [6.07, 6.45) is 3.96. The molecule has 0 atom stereocenters. The second-order valence-corrected chi connectivity index (χ2v) is 5.81. The van der Waals surface area contributed by atoms with Crippen molar-refractivity contribution in [2.45, 2.75) is 13.3 Å². The largest absolute Gasteiger partial charge is 0.273 e. The van der Waals surface area contributed by atoms with E-state index in [1.807, 2.05) is 67.6 Å². The van der Waals surface area contributed by atoms with Crippen molar-refractivity contribution < 1.29 is 4.79 Å². The molecule has 2 aromatic rings. The minimum absolute atomic E-state index is 0.133. The molecule has 4 heteroatoms. The highest BCUT2D eigenvalue weighted by Gasteiger charge is 2.01. The predicted octanol–water partition coefficient (Wildman–Crippen LogP) is 4.20. The lowest BCUT2D eigenvalue weighted by Crippen LogP contribution is -2.19. The van der Waals surface area contributed by atoms with E-state index in [2.05, 4.69) is 26.5 Å². The van der Waals surface area contributed by atoms with Gasteiger partial charge in [0.05, 0.1) is 12.6 Å². The molecule has 0 fully saturated rings. The van der Waals surface area contributed by atoms with Crippen molar-refractivity contribution in [2.75, 3.05) is 0 Å². The maximum Gasteiger partial charge on any atom is 0.244 e. The fourth-order valence-electron chi connectivity index (χ4n) is 1.88. The Bertz CT molecular complexity index is 676. The first-order chi connectivity index (χ1) is 10.6. The molecule has 0 spiro atoms. The van der Waals surface area contributed by atoms with Gasteiger partial charge in [-0.2, -0.15) is 5.10 Å². The van der Waals surface area contributed by atoms with Crippen molar-refractivity contribution >= 4 is 34.1 Å². The van der Waals surface area contributed by atoms with Crippen molar-refractivity contribution in [3.63, 3.8) is 0 Å². The molecule has 0 unspecified atom stereocenters. The number of hydrogen-bond acceptors (Lipinski definition) is 2. The summed E-state index contributed by atoms with van der Waals surface area (Å²) >= 11 is 3.37. The van der Waals surface area contributed by atoms with E-state index in [4.69, 9.17) is 0 Å². The average molecular weight is 357 g/mol. The van der Waals surface area contributed by atoms with Crippen LogP contribution in [0.5, 0.6) is 0 Å². The Labute approximate surface area is 138 Å². The summed E-state index contributed by atoms with van der Waals surface area (Å²) in [5.41, 5.74) is 5.56. The van der Waals surface area contributed by atoms with Crippen LogP contribution >= 0.6 is 15.9 Å². The maximum absolute atomic E-state index is 11.8. The van der Waals surface area contributed by atoms with Crippen LogP contribution < -0.4 is 5.43 Å². The molecular weight excluding hydrogens is 340 g/mol. The molecule has 1 N–H and O–H groups in total. The molecule has 0 radical (unpaired) electrons. The number of allylic oxidation sites excluding steroid dienone is 1. The van der Waals surface area contributed by atoms with Gasteiger partial charge in [0.2, 0.25) is 5.91 Å². The summed E-state index contributed by atoms with van der Waals surface area (Å²) < 4.78 is 0.997.